The second-order valence-electron chi connectivity index (χ2n) is 9.67. The lowest BCUT2D eigenvalue weighted by atomic mass is 9.94. The van der Waals surface area contributed by atoms with Crippen molar-refractivity contribution in [3.63, 3.8) is 0 Å². The molecule has 0 aliphatic heterocycles. The van der Waals surface area contributed by atoms with E-state index in [1.165, 1.54) is 23.1 Å². The number of hydrogen-bond donors (Lipinski definition) is 3. The van der Waals surface area contributed by atoms with Gasteiger partial charge in [-0.1, -0.05) is 42.8 Å². The first-order chi connectivity index (χ1) is 19.2. The van der Waals surface area contributed by atoms with Crippen molar-refractivity contribution in [2.24, 2.45) is 17.0 Å². The monoisotopic (exact) mass is 597 g/mol. The van der Waals surface area contributed by atoms with E-state index in [9.17, 15) is 22.4 Å². The molecule has 2 aromatic carbocycles. The maximum atomic E-state index is 15.0. The quantitative estimate of drug-likeness (QED) is 0.243. The van der Waals surface area contributed by atoms with Gasteiger partial charge in [0.15, 0.2) is 0 Å². The fraction of sp³-hybridized carbons (Fsp3) is 0.241. The van der Waals surface area contributed by atoms with E-state index in [-0.39, 0.29) is 28.8 Å². The number of benzene rings is 2. The maximum Gasteiger partial charge on any atom is 0.238 e. The molecule has 1 aliphatic rings. The summed E-state index contributed by atoms with van der Waals surface area (Å²) >= 11 is 3.31. The fourth-order valence-electron chi connectivity index (χ4n) is 5.04. The van der Waals surface area contributed by atoms with E-state index in [0.717, 1.165) is 16.2 Å². The van der Waals surface area contributed by atoms with Crippen molar-refractivity contribution in [2.45, 2.75) is 37.2 Å². The van der Waals surface area contributed by atoms with Crippen LogP contribution in [0.4, 0.5) is 4.39 Å². The largest absolute Gasteiger partial charge is 0.352 e. The summed E-state index contributed by atoms with van der Waals surface area (Å²) in [6.45, 7) is 0.360. The number of primary sulfonamides is 1. The van der Waals surface area contributed by atoms with Crippen LogP contribution in [0.3, 0.4) is 0 Å². The van der Waals surface area contributed by atoms with Gasteiger partial charge in [-0.2, -0.15) is 0 Å². The molecule has 208 valence electrons. The number of sulfonamides is 1. The van der Waals surface area contributed by atoms with Crippen molar-refractivity contribution in [3.8, 4) is 20.9 Å². The molecule has 2 atom stereocenters. The van der Waals surface area contributed by atoms with Crippen LogP contribution in [-0.2, 0) is 32.7 Å². The van der Waals surface area contributed by atoms with Gasteiger partial charge in [-0.25, -0.2) is 17.9 Å². The predicted molar refractivity (Wildman–Crippen MR) is 155 cm³/mol. The average Bonchev–Trinajstić information content (AvgIpc) is 3.72. The van der Waals surface area contributed by atoms with E-state index in [1.807, 2.05) is 23.6 Å². The van der Waals surface area contributed by atoms with E-state index < -0.39 is 27.7 Å². The number of carbonyl (C=O) groups excluding carboxylic acids is 2. The van der Waals surface area contributed by atoms with Crippen LogP contribution in [0.5, 0.6) is 0 Å². The number of thiophene rings is 2. The van der Waals surface area contributed by atoms with Crippen molar-refractivity contribution >= 4 is 44.5 Å². The van der Waals surface area contributed by atoms with Gasteiger partial charge in [0.25, 0.3) is 0 Å². The molecular formula is C29H28FN3O4S3. The molecule has 2 heterocycles. The first kappa shape index (κ1) is 28.2. The number of halogens is 1. The number of carbonyl (C=O) groups is 2. The van der Waals surface area contributed by atoms with Crippen LogP contribution in [0, 0.1) is 17.7 Å². The molecule has 5 rings (SSSR count). The molecule has 0 spiro atoms. The molecule has 0 unspecified atom stereocenters. The molecule has 11 heteroatoms. The second kappa shape index (κ2) is 12.0. The van der Waals surface area contributed by atoms with Crippen LogP contribution in [0.25, 0.3) is 20.9 Å². The standard InChI is InChI=1S/C29H28FN3O4S3/c30-24-15-18(21-5-1-2-9-27(21)40(31,36)37)10-11-19(24)16-32-28(34)22-6-3-7-23(22)29(35)33-17-20-12-13-26(39-20)25-8-4-14-38-25/h1-2,4-5,8-15,22-23H,3,6-7,16-17H2,(H,32,34)(H,33,35)(H2,31,36,37)/t22-,23-/m1/s1. The minimum absolute atomic E-state index is 0.0483. The molecule has 4 N–H and O–H groups in total. The van der Waals surface area contributed by atoms with Crippen LogP contribution in [0.15, 0.2) is 77.0 Å². The van der Waals surface area contributed by atoms with Gasteiger partial charge in [-0.05, 0) is 54.1 Å². The number of amides is 2. The summed E-state index contributed by atoms with van der Waals surface area (Å²) in [5, 5.41) is 13.1. The highest BCUT2D eigenvalue weighted by molar-refractivity contribution is 7.89. The number of rotatable bonds is 9. The Hall–Kier alpha value is -3.38. The Morgan fingerprint density at radius 1 is 0.900 bits per heavy atom. The summed E-state index contributed by atoms with van der Waals surface area (Å²) in [6.07, 6.45) is 1.99. The van der Waals surface area contributed by atoms with Gasteiger partial charge in [0.05, 0.1) is 11.4 Å². The Bertz CT molecular complexity index is 1630. The van der Waals surface area contributed by atoms with E-state index >= 15 is 0 Å². The zero-order valence-corrected chi connectivity index (χ0v) is 23.9. The Morgan fingerprint density at radius 3 is 2.30 bits per heavy atom. The van der Waals surface area contributed by atoms with Crippen molar-refractivity contribution in [2.75, 3.05) is 0 Å². The fourth-order valence-corrected chi connectivity index (χ4v) is 7.58. The molecule has 0 bridgehead atoms. The van der Waals surface area contributed by atoms with Gasteiger partial charge < -0.3 is 10.6 Å². The van der Waals surface area contributed by atoms with E-state index in [2.05, 4.69) is 16.7 Å². The molecule has 1 fully saturated rings. The Kier molecular flexibility index (Phi) is 8.46. The first-order valence-corrected chi connectivity index (χ1v) is 16.0. The van der Waals surface area contributed by atoms with E-state index in [4.69, 9.17) is 5.14 Å². The Balaban J connectivity index is 1.18. The molecule has 0 radical (unpaired) electrons. The molecule has 1 saturated carbocycles. The van der Waals surface area contributed by atoms with Crippen LogP contribution in [0.1, 0.15) is 29.7 Å². The predicted octanol–water partition coefficient (Wildman–Crippen LogP) is 5.28. The van der Waals surface area contributed by atoms with Crippen LogP contribution in [0.2, 0.25) is 0 Å². The van der Waals surface area contributed by atoms with Crippen molar-refractivity contribution in [3.05, 3.63) is 88.4 Å². The van der Waals surface area contributed by atoms with Crippen LogP contribution in [-0.4, -0.2) is 20.2 Å². The maximum absolute atomic E-state index is 15.0. The average molecular weight is 598 g/mol. The molecule has 1 aliphatic carbocycles. The highest BCUT2D eigenvalue weighted by atomic mass is 32.2. The number of hydrogen-bond acceptors (Lipinski definition) is 6. The summed E-state index contributed by atoms with van der Waals surface area (Å²) in [5.74, 6) is -1.92. The minimum Gasteiger partial charge on any atom is -0.352 e. The zero-order chi connectivity index (χ0) is 28.3. The molecule has 4 aromatic rings. The topological polar surface area (TPSA) is 118 Å². The smallest absolute Gasteiger partial charge is 0.238 e. The van der Waals surface area contributed by atoms with Gasteiger partial charge in [-0.3, -0.25) is 9.59 Å². The third kappa shape index (κ3) is 6.33. The SMILES string of the molecule is NS(=O)(=O)c1ccccc1-c1ccc(CNC(=O)[C@@H]2CCC[C@H]2C(=O)NCc2ccc(-c3cccs3)s2)c(F)c1. The normalized spacial score (nSPS) is 17.1. The van der Waals surface area contributed by atoms with Crippen molar-refractivity contribution in [1.82, 2.24) is 10.6 Å². The highest BCUT2D eigenvalue weighted by Gasteiger charge is 2.37. The summed E-state index contributed by atoms with van der Waals surface area (Å²) in [5.41, 5.74) is 0.908. The van der Waals surface area contributed by atoms with Gasteiger partial charge >= 0.3 is 0 Å². The van der Waals surface area contributed by atoms with E-state index in [1.54, 1.807) is 46.9 Å². The van der Waals surface area contributed by atoms with Crippen LogP contribution < -0.4 is 15.8 Å². The summed E-state index contributed by atoms with van der Waals surface area (Å²) in [7, 11) is -3.99. The molecule has 2 amide bonds. The third-order valence-corrected chi connectivity index (χ3v) is 10.2. The number of nitrogens with two attached hydrogens (primary N) is 1. The molecule has 7 nitrogen and oxygen atoms in total. The second-order valence-corrected chi connectivity index (χ2v) is 13.3. The zero-order valence-electron chi connectivity index (χ0n) is 21.4. The van der Waals surface area contributed by atoms with Crippen molar-refractivity contribution < 1.29 is 22.4 Å². The van der Waals surface area contributed by atoms with Gasteiger partial charge in [0.1, 0.15) is 5.82 Å². The third-order valence-electron chi connectivity index (χ3n) is 7.06. The highest BCUT2D eigenvalue weighted by Crippen LogP contribution is 2.34. The summed E-state index contributed by atoms with van der Waals surface area (Å²) in [4.78, 5) is 29.3. The van der Waals surface area contributed by atoms with Gasteiger partial charge in [0.2, 0.25) is 21.8 Å². The lowest BCUT2D eigenvalue weighted by Crippen LogP contribution is -2.39. The Morgan fingerprint density at radius 2 is 1.62 bits per heavy atom. The molecule has 2 aromatic heterocycles. The molecule has 40 heavy (non-hydrogen) atoms. The van der Waals surface area contributed by atoms with Crippen LogP contribution >= 0.6 is 22.7 Å². The first-order valence-electron chi connectivity index (χ1n) is 12.8. The van der Waals surface area contributed by atoms with Gasteiger partial charge in [0, 0.05) is 44.1 Å². The minimum atomic E-state index is -3.99. The Labute approximate surface area is 240 Å². The lowest BCUT2D eigenvalue weighted by Gasteiger charge is -2.19. The number of nitrogens with one attached hydrogen (secondary N) is 2. The molecule has 0 saturated heterocycles. The lowest BCUT2D eigenvalue weighted by molar-refractivity contribution is -0.133. The molecular weight excluding hydrogens is 570 g/mol. The van der Waals surface area contributed by atoms with Crippen molar-refractivity contribution in [1.29, 1.82) is 0 Å². The summed E-state index contributed by atoms with van der Waals surface area (Å²) in [6, 6.07) is 18.6. The van der Waals surface area contributed by atoms with Gasteiger partial charge in [-0.15, -0.1) is 22.7 Å². The summed E-state index contributed by atoms with van der Waals surface area (Å²) < 4.78 is 38.8. The van der Waals surface area contributed by atoms with E-state index in [0.29, 0.717) is 30.5 Å².